The number of piperazine rings is 1. The molecule has 1 N–H and O–H groups in total. The third-order valence-electron chi connectivity index (χ3n) is 3.99. The Morgan fingerprint density at radius 2 is 1.56 bits per heavy atom. The van der Waals surface area contributed by atoms with Crippen LogP contribution in [0.15, 0.2) is 30.3 Å². The summed E-state index contributed by atoms with van der Waals surface area (Å²) >= 11 is 0. The molecule has 0 spiro atoms. The van der Waals surface area contributed by atoms with Crippen molar-refractivity contribution in [2.24, 2.45) is 0 Å². The minimum Gasteiger partial charge on any atom is -0.346 e. The lowest BCUT2D eigenvalue weighted by molar-refractivity contribution is -0.148. The fourth-order valence-electron chi connectivity index (χ4n) is 2.55. The highest BCUT2D eigenvalue weighted by molar-refractivity contribution is 6.35. The molecule has 1 fully saturated rings. The molecular weight excluding hydrogens is 318 g/mol. The van der Waals surface area contributed by atoms with Crippen molar-refractivity contribution in [1.29, 1.82) is 0 Å². The molecule has 1 aromatic rings. The van der Waals surface area contributed by atoms with E-state index in [1.807, 2.05) is 45.0 Å². The van der Waals surface area contributed by atoms with Gasteiger partial charge in [0.25, 0.3) is 0 Å². The normalized spacial score (nSPS) is 14.9. The monoisotopic (exact) mass is 343 g/mol. The molecule has 0 unspecified atom stereocenters. The minimum absolute atomic E-state index is 0.0776. The van der Waals surface area contributed by atoms with E-state index in [1.165, 1.54) is 10.5 Å². The number of rotatable bonds is 3. The summed E-state index contributed by atoms with van der Waals surface area (Å²) in [6.07, 6.45) is 3.34. The van der Waals surface area contributed by atoms with E-state index in [2.05, 4.69) is 5.32 Å². The van der Waals surface area contributed by atoms with Crippen molar-refractivity contribution in [2.75, 3.05) is 26.2 Å². The second-order valence-corrected chi connectivity index (χ2v) is 6.49. The average Bonchev–Trinajstić information content (AvgIpc) is 2.60. The largest absolute Gasteiger partial charge is 0.346 e. The molecule has 0 atom stereocenters. The molecule has 0 saturated carbocycles. The third kappa shape index (κ3) is 5.45. The van der Waals surface area contributed by atoms with Gasteiger partial charge >= 0.3 is 11.8 Å². The number of hydrogen-bond acceptors (Lipinski definition) is 3. The summed E-state index contributed by atoms with van der Waals surface area (Å²) in [5.74, 6) is -1.20. The van der Waals surface area contributed by atoms with Crippen LogP contribution in [0.4, 0.5) is 0 Å². The highest BCUT2D eigenvalue weighted by Gasteiger charge is 2.27. The molecule has 0 radical (unpaired) electrons. The van der Waals surface area contributed by atoms with Gasteiger partial charge in [0.1, 0.15) is 0 Å². The van der Waals surface area contributed by atoms with E-state index in [9.17, 15) is 14.4 Å². The lowest BCUT2D eigenvalue weighted by Crippen LogP contribution is -2.54. The predicted molar refractivity (Wildman–Crippen MR) is 96.7 cm³/mol. The Morgan fingerprint density at radius 1 is 1.00 bits per heavy atom. The molecule has 6 nitrogen and oxygen atoms in total. The molecule has 1 aliphatic heterocycles. The van der Waals surface area contributed by atoms with Crippen LogP contribution in [0.1, 0.15) is 25.0 Å². The number of nitrogens with one attached hydrogen (secondary N) is 1. The zero-order valence-electron chi connectivity index (χ0n) is 15.0. The molecule has 1 aromatic carbocycles. The summed E-state index contributed by atoms with van der Waals surface area (Å²) in [6.45, 7) is 7.23. The Labute approximate surface area is 148 Å². The van der Waals surface area contributed by atoms with Crippen LogP contribution in [0.5, 0.6) is 0 Å². The van der Waals surface area contributed by atoms with Crippen LogP contribution in [0, 0.1) is 6.92 Å². The number of benzene rings is 1. The number of aryl methyl sites for hydroxylation is 1. The number of amides is 3. The van der Waals surface area contributed by atoms with Crippen LogP contribution in [0.3, 0.4) is 0 Å². The number of nitrogens with zero attached hydrogens (tertiary/aromatic N) is 2. The summed E-state index contributed by atoms with van der Waals surface area (Å²) in [5, 5.41) is 2.59. The number of hydrogen-bond donors (Lipinski definition) is 1. The Hall–Kier alpha value is -2.63. The van der Waals surface area contributed by atoms with Gasteiger partial charge in [0.05, 0.1) is 0 Å². The smallest absolute Gasteiger partial charge is 0.312 e. The van der Waals surface area contributed by atoms with Crippen LogP contribution >= 0.6 is 0 Å². The van der Waals surface area contributed by atoms with Crippen LogP contribution in [-0.2, 0) is 14.4 Å². The molecule has 0 bridgehead atoms. The van der Waals surface area contributed by atoms with Gasteiger partial charge in [-0.15, -0.1) is 0 Å². The van der Waals surface area contributed by atoms with Gasteiger partial charge in [-0.25, -0.2) is 0 Å². The van der Waals surface area contributed by atoms with Gasteiger partial charge in [-0.05, 0) is 32.4 Å². The second kappa shape index (κ2) is 8.46. The first-order valence-electron chi connectivity index (χ1n) is 8.50. The van der Waals surface area contributed by atoms with Gasteiger partial charge in [0, 0.05) is 38.3 Å². The fraction of sp³-hybridized carbons (Fsp3) is 0.421. The van der Waals surface area contributed by atoms with Crippen molar-refractivity contribution in [3.05, 3.63) is 41.5 Å². The van der Waals surface area contributed by atoms with Crippen molar-refractivity contribution >= 4 is 23.8 Å². The fourth-order valence-corrected chi connectivity index (χ4v) is 2.55. The summed E-state index contributed by atoms with van der Waals surface area (Å²) < 4.78 is 0. The quantitative estimate of drug-likeness (QED) is 0.662. The molecule has 3 amide bonds. The minimum atomic E-state index is -0.589. The van der Waals surface area contributed by atoms with Crippen LogP contribution < -0.4 is 5.32 Å². The van der Waals surface area contributed by atoms with E-state index in [4.69, 9.17) is 0 Å². The van der Waals surface area contributed by atoms with Crippen LogP contribution in [0.2, 0.25) is 0 Å². The molecule has 0 aliphatic carbocycles. The van der Waals surface area contributed by atoms with Crippen molar-refractivity contribution in [3.8, 4) is 0 Å². The van der Waals surface area contributed by atoms with Crippen molar-refractivity contribution < 1.29 is 14.4 Å². The molecule has 134 valence electrons. The van der Waals surface area contributed by atoms with E-state index in [0.717, 1.165) is 5.56 Å². The standard InChI is InChI=1S/C19H25N3O3/c1-14(2)20-18(24)19(25)22-12-10-21(11-13-22)17(23)9-8-16-6-4-15(3)5-7-16/h4-9,14H,10-13H2,1-3H3,(H,20,24)/b9-8+. The van der Waals surface area contributed by atoms with Gasteiger partial charge in [-0.3, -0.25) is 14.4 Å². The Morgan fingerprint density at radius 3 is 2.12 bits per heavy atom. The maximum absolute atomic E-state index is 12.3. The van der Waals surface area contributed by atoms with Gasteiger partial charge in [-0.1, -0.05) is 29.8 Å². The molecular formula is C19H25N3O3. The summed E-state index contributed by atoms with van der Waals surface area (Å²) in [7, 11) is 0. The molecule has 25 heavy (non-hydrogen) atoms. The first kappa shape index (κ1) is 18.7. The van der Waals surface area contributed by atoms with E-state index >= 15 is 0 Å². The van der Waals surface area contributed by atoms with Gasteiger partial charge in [-0.2, -0.15) is 0 Å². The van der Waals surface area contributed by atoms with E-state index in [-0.39, 0.29) is 11.9 Å². The molecule has 1 heterocycles. The van der Waals surface area contributed by atoms with Crippen molar-refractivity contribution in [2.45, 2.75) is 26.8 Å². The highest BCUT2D eigenvalue weighted by atomic mass is 16.2. The van der Waals surface area contributed by atoms with Gasteiger partial charge in [0.2, 0.25) is 5.91 Å². The van der Waals surface area contributed by atoms with Crippen molar-refractivity contribution in [3.63, 3.8) is 0 Å². The van der Waals surface area contributed by atoms with Crippen LogP contribution in [-0.4, -0.2) is 59.7 Å². The maximum atomic E-state index is 12.3. The molecule has 1 saturated heterocycles. The van der Waals surface area contributed by atoms with Gasteiger partial charge < -0.3 is 15.1 Å². The summed E-state index contributed by atoms with van der Waals surface area (Å²) in [5.41, 5.74) is 2.14. The first-order chi connectivity index (χ1) is 11.9. The molecule has 1 aliphatic rings. The Bertz CT molecular complexity index is 657. The lowest BCUT2D eigenvalue weighted by atomic mass is 10.1. The van der Waals surface area contributed by atoms with E-state index in [1.54, 1.807) is 17.1 Å². The molecule has 6 heteroatoms. The third-order valence-corrected chi connectivity index (χ3v) is 3.99. The SMILES string of the molecule is Cc1ccc(/C=C/C(=O)N2CCN(C(=O)C(=O)NC(C)C)CC2)cc1. The van der Waals surface area contributed by atoms with E-state index in [0.29, 0.717) is 26.2 Å². The van der Waals surface area contributed by atoms with Gasteiger partial charge in [0.15, 0.2) is 0 Å². The predicted octanol–water partition coefficient (Wildman–Crippen LogP) is 1.20. The summed E-state index contributed by atoms with van der Waals surface area (Å²) in [4.78, 5) is 39.2. The topological polar surface area (TPSA) is 69.7 Å². The Kier molecular flexibility index (Phi) is 6.33. The molecule has 2 rings (SSSR count). The Balaban J connectivity index is 1.84. The zero-order valence-corrected chi connectivity index (χ0v) is 15.0. The highest BCUT2D eigenvalue weighted by Crippen LogP contribution is 2.07. The van der Waals surface area contributed by atoms with E-state index < -0.39 is 11.8 Å². The molecule has 0 aromatic heterocycles. The zero-order chi connectivity index (χ0) is 18.4. The lowest BCUT2D eigenvalue weighted by Gasteiger charge is -2.33. The number of carbonyl (C=O) groups is 3. The maximum Gasteiger partial charge on any atom is 0.312 e. The number of carbonyl (C=O) groups excluding carboxylic acids is 3. The first-order valence-corrected chi connectivity index (χ1v) is 8.50. The van der Waals surface area contributed by atoms with Crippen molar-refractivity contribution in [1.82, 2.24) is 15.1 Å². The average molecular weight is 343 g/mol. The second-order valence-electron chi connectivity index (χ2n) is 6.49. The summed E-state index contributed by atoms with van der Waals surface area (Å²) in [6, 6.07) is 7.84. The van der Waals surface area contributed by atoms with Crippen LogP contribution in [0.25, 0.3) is 6.08 Å².